The van der Waals surface area contributed by atoms with E-state index < -0.39 is 62.5 Å². The number of aliphatic carboxylic acids is 1. The van der Waals surface area contributed by atoms with Gasteiger partial charge >= 0.3 is 5.97 Å². The number of aliphatic hydroxyl groups is 4. The molecule has 5 N–H and O–H groups in total. The summed E-state index contributed by atoms with van der Waals surface area (Å²) in [5.41, 5.74) is -4.96. The number of carbonyl (C=O) groups is 3. The molecule has 48 heavy (non-hydrogen) atoms. The molecule has 0 heterocycles. The van der Waals surface area contributed by atoms with Crippen molar-refractivity contribution in [3.8, 4) is 0 Å². The van der Waals surface area contributed by atoms with Crippen LogP contribution in [-0.4, -0.2) is 60.4 Å². The number of hydrogen-bond donors (Lipinski definition) is 5. The zero-order valence-electron chi connectivity index (χ0n) is 29.1. The quantitative estimate of drug-likeness (QED) is 0.136. The van der Waals surface area contributed by atoms with Crippen molar-refractivity contribution in [1.29, 1.82) is 0 Å². The Labute approximate surface area is 283 Å². The Balaban J connectivity index is 1.55. The molecule has 5 aliphatic carbocycles. The fourth-order valence-electron chi connectivity index (χ4n) is 11.4. The normalized spacial score (nSPS) is 41.5. The van der Waals surface area contributed by atoms with Gasteiger partial charge in [-0.05, 0) is 66.6 Å². The summed E-state index contributed by atoms with van der Waals surface area (Å²) in [7, 11) is 0. The lowest BCUT2D eigenvalue weighted by Gasteiger charge is -2.68. The highest BCUT2D eigenvalue weighted by Crippen LogP contribution is 2.78. The van der Waals surface area contributed by atoms with E-state index >= 15 is 0 Å². The highest BCUT2D eigenvalue weighted by atomic mass is 16.4. The Hall–Kier alpha value is -3.33. The number of ketones is 2. The van der Waals surface area contributed by atoms with E-state index in [1.165, 1.54) is 6.92 Å². The molecule has 0 bridgehead atoms. The van der Waals surface area contributed by atoms with Crippen LogP contribution in [0, 0.1) is 45.3 Å². The molecule has 0 radical (unpaired) electrons. The standard InChI is InChI=1S/C40H50O8/c1-22(19-27(41)31(44)23(2)34(45)46)26-20-39(47)17-18-40(48)25(14-13-24-11-9-8-10-12-24)32-35(3,4)29(43)15-16-36(32,5)30-28(42)21-37(26,6)38(39,7)33(30)40/h8-14,17-18,22,25-27,32,41,44,47-48H,15-16,19-21H2,1-7H3,(H,45,46)/b14-13+,31-23-/t22-,25+,26-,27+,32-,36-,37-,38+,39+,40-/m1/s1. The summed E-state index contributed by atoms with van der Waals surface area (Å²) in [6, 6.07) is 9.77. The first kappa shape index (κ1) is 34.5. The minimum atomic E-state index is -1.67. The Morgan fingerprint density at radius 2 is 1.67 bits per heavy atom. The molecule has 0 unspecified atom stereocenters. The Morgan fingerprint density at radius 1 is 1.02 bits per heavy atom. The van der Waals surface area contributed by atoms with Crippen LogP contribution in [0.5, 0.6) is 0 Å². The van der Waals surface area contributed by atoms with Crippen molar-refractivity contribution < 1.29 is 39.9 Å². The van der Waals surface area contributed by atoms with Crippen LogP contribution in [0.2, 0.25) is 0 Å². The topological polar surface area (TPSA) is 152 Å². The summed E-state index contributed by atoms with van der Waals surface area (Å²) >= 11 is 0. The molecule has 6 rings (SSSR count). The molecule has 2 fully saturated rings. The maximum absolute atomic E-state index is 14.8. The molecule has 10 atom stereocenters. The first-order valence-electron chi connectivity index (χ1n) is 17.2. The number of carboxylic acids is 1. The van der Waals surface area contributed by atoms with Crippen molar-refractivity contribution in [3.63, 3.8) is 0 Å². The van der Waals surface area contributed by atoms with Gasteiger partial charge in [-0.25, -0.2) is 4.79 Å². The van der Waals surface area contributed by atoms with Crippen LogP contribution in [-0.2, 0) is 14.4 Å². The largest absolute Gasteiger partial charge is 0.509 e. The van der Waals surface area contributed by atoms with Gasteiger partial charge in [0.15, 0.2) is 5.78 Å². The minimum absolute atomic E-state index is 0.0233. The molecule has 1 aromatic rings. The molecular weight excluding hydrogens is 608 g/mol. The third-order valence-corrected chi connectivity index (χ3v) is 14.0. The van der Waals surface area contributed by atoms with Crippen molar-refractivity contribution in [2.24, 2.45) is 45.3 Å². The second kappa shape index (κ2) is 10.8. The Bertz CT molecular complexity index is 1700. The van der Waals surface area contributed by atoms with E-state index in [1.807, 2.05) is 77.1 Å². The zero-order valence-corrected chi connectivity index (χ0v) is 29.1. The van der Waals surface area contributed by atoms with Gasteiger partial charge in [-0.15, -0.1) is 0 Å². The lowest BCUT2D eigenvalue weighted by atomic mass is 9.36. The van der Waals surface area contributed by atoms with Crippen LogP contribution in [0.4, 0.5) is 0 Å². The summed E-state index contributed by atoms with van der Waals surface area (Å²) in [5.74, 6) is -3.58. The van der Waals surface area contributed by atoms with Crippen LogP contribution in [0.25, 0.3) is 6.08 Å². The first-order valence-corrected chi connectivity index (χ1v) is 17.2. The summed E-state index contributed by atoms with van der Waals surface area (Å²) in [4.78, 5) is 39.9. The second-order valence-corrected chi connectivity index (χ2v) is 16.7. The third kappa shape index (κ3) is 4.34. The zero-order chi connectivity index (χ0) is 35.4. The molecule has 1 aromatic carbocycles. The maximum Gasteiger partial charge on any atom is 0.334 e. The van der Waals surface area contributed by atoms with Crippen LogP contribution < -0.4 is 0 Å². The number of rotatable bonds is 7. The van der Waals surface area contributed by atoms with Crippen LogP contribution in [0.1, 0.15) is 86.1 Å². The molecule has 258 valence electrons. The van der Waals surface area contributed by atoms with Crippen molar-refractivity contribution in [3.05, 3.63) is 76.6 Å². The van der Waals surface area contributed by atoms with E-state index in [-0.39, 0.29) is 48.2 Å². The number of fused-ring (bicyclic) bond motifs is 2. The first-order chi connectivity index (χ1) is 22.2. The molecule has 0 amide bonds. The number of Topliss-reactive ketones (excluding diaryl/α,β-unsaturated/α-hetero) is 2. The second-order valence-electron chi connectivity index (χ2n) is 16.7. The third-order valence-electron chi connectivity index (χ3n) is 14.0. The van der Waals surface area contributed by atoms with E-state index in [4.69, 9.17) is 0 Å². The predicted molar refractivity (Wildman–Crippen MR) is 181 cm³/mol. The maximum atomic E-state index is 14.8. The van der Waals surface area contributed by atoms with Gasteiger partial charge < -0.3 is 25.5 Å². The number of allylic oxidation sites excluding steroid dienone is 1. The monoisotopic (exact) mass is 658 g/mol. The Morgan fingerprint density at radius 3 is 2.29 bits per heavy atom. The van der Waals surface area contributed by atoms with Gasteiger partial charge in [0.1, 0.15) is 23.2 Å². The van der Waals surface area contributed by atoms with Gasteiger partial charge in [0.2, 0.25) is 0 Å². The van der Waals surface area contributed by atoms with E-state index in [0.29, 0.717) is 24.0 Å². The van der Waals surface area contributed by atoms with Crippen molar-refractivity contribution in [2.45, 2.75) is 97.9 Å². The van der Waals surface area contributed by atoms with E-state index in [2.05, 4.69) is 6.92 Å². The van der Waals surface area contributed by atoms with Gasteiger partial charge in [-0.3, -0.25) is 9.59 Å². The number of hydrogen-bond acceptors (Lipinski definition) is 7. The Kier molecular flexibility index (Phi) is 7.79. The highest BCUT2D eigenvalue weighted by Gasteiger charge is 2.78. The van der Waals surface area contributed by atoms with Crippen LogP contribution >= 0.6 is 0 Å². The molecule has 2 saturated carbocycles. The molecule has 0 aliphatic heterocycles. The van der Waals surface area contributed by atoms with Gasteiger partial charge in [0.05, 0.1) is 11.2 Å². The number of carbonyl (C=O) groups excluding carboxylic acids is 2. The number of aliphatic hydroxyl groups excluding tert-OH is 2. The van der Waals surface area contributed by atoms with Crippen molar-refractivity contribution in [1.82, 2.24) is 0 Å². The fraction of sp³-hybridized carbons (Fsp3) is 0.575. The van der Waals surface area contributed by atoms with Gasteiger partial charge in [-0.1, -0.05) is 90.1 Å². The fourth-order valence-corrected chi connectivity index (χ4v) is 11.4. The van der Waals surface area contributed by atoms with Gasteiger partial charge in [0, 0.05) is 40.6 Å². The number of benzene rings is 1. The smallest absolute Gasteiger partial charge is 0.334 e. The molecule has 0 saturated heterocycles. The molecule has 0 spiro atoms. The summed E-state index contributed by atoms with van der Waals surface area (Å²) in [6.45, 7) is 13.0. The lowest BCUT2D eigenvalue weighted by Crippen LogP contribution is -2.69. The van der Waals surface area contributed by atoms with E-state index in [1.54, 1.807) is 12.2 Å². The van der Waals surface area contributed by atoms with Crippen LogP contribution in [0.3, 0.4) is 0 Å². The highest BCUT2D eigenvalue weighted by molar-refractivity contribution is 6.02. The van der Waals surface area contributed by atoms with Gasteiger partial charge in [-0.2, -0.15) is 0 Å². The van der Waals surface area contributed by atoms with Gasteiger partial charge in [0.25, 0.3) is 0 Å². The van der Waals surface area contributed by atoms with E-state index in [9.17, 15) is 39.9 Å². The van der Waals surface area contributed by atoms with Crippen molar-refractivity contribution in [2.75, 3.05) is 0 Å². The summed E-state index contributed by atoms with van der Waals surface area (Å²) < 4.78 is 0. The predicted octanol–water partition coefficient (Wildman–Crippen LogP) is 5.98. The summed E-state index contributed by atoms with van der Waals surface area (Å²) in [6.07, 6.45) is 7.09. The molecule has 5 aliphatic rings. The molecular formula is C40H50O8. The van der Waals surface area contributed by atoms with Crippen LogP contribution in [0.15, 0.2) is 71.0 Å². The van der Waals surface area contributed by atoms with Crippen molar-refractivity contribution >= 4 is 23.6 Å². The summed E-state index contributed by atoms with van der Waals surface area (Å²) in [5, 5.41) is 56.7. The molecule has 8 heteroatoms. The SMILES string of the molecule is C/C(C(=O)O)=C(/O)[C@@H](O)C[C@@H](C)[C@H]1C[C@@]2(O)C=C[C@]3(O)C4=C(C(=O)C[C@@]1(C)[C@]42C)[C@@]1(C)CCC(=O)C(C)(C)[C@H]1[C@@H]3/C=C/c1ccccc1. The number of carboxylic acid groups (broad SMARTS) is 1. The van der Waals surface area contributed by atoms with E-state index in [0.717, 1.165) is 5.56 Å². The average molecular weight is 659 g/mol. The lowest BCUT2D eigenvalue weighted by molar-refractivity contribution is -0.161. The molecule has 0 aromatic heterocycles. The molecule has 8 nitrogen and oxygen atoms in total. The average Bonchev–Trinajstić information content (AvgIpc) is 3.20. The minimum Gasteiger partial charge on any atom is -0.509 e.